The van der Waals surface area contributed by atoms with Crippen LogP contribution in [0.4, 0.5) is 0 Å². The molecule has 7 heteroatoms. The van der Waals surface area contributed by atoms with Crippen molar-refractivity contribution in [2.24, 2.45) is 5.41 Å². The Morgan fingerprint density at radius 2 is 1.52 bits per heavy atom. The molecule has 0 aromatic rings. The minimum absolute atomic E-state index is 0.00897. The van der Waals surface area contributed by atoms with Crippen molar-refractivity contribution in [2.45, 2.75) is 72.9 Å². The molecule has 0 aromatic heterocycles. The van der Waals surface area contributed by atoms with Crippen LogP contribution in [0.3, 0.4) is 0 Å². The standard InChI is InChI=1S/C20H38N2O5/c1-15(23)8-9-16(18(25)19(2,3)4)22-17(24)14-27-13-12-26-11-10-21-20(5,6)7/h16,21H,8-14H2,1-7H3,(H,22,24). The molecular formula is C20H38N2O5. The molecular weight excluding hydrogens is 348 g/mol. The maximum absolute atomic E-state index is 12.5. The van der Waals surface area contributed by atoms with E-state index in [4.69, 9.17) is 9.47 Å². The zero-order valence-electron chi connectivity index (χ0n) is 18.1. The first-order valence-corrected chi connectivity index (χ1v) is 9.56. The lowest BCUT2D eigenvalue weighted by Gasteiger charge is -2.25. The molecule has 158 valence electrons. The highest BCUT2D eigenvalue weighted by Crippen LogP contribution is 2.19. The zero-order chi connectivity index (χ0) is 21.1. The van der Waals surface area contributed by atoms with Gasteiger partial charge in [0.15, 0.2) is 5.78 Å². The predicted octanol–water partition coefficient (Wildman–Crippen LogP) is 1.88. The summed E-state index contributed by atoms with van der Waals surface area (Å²) in [5.41, 5.74) is -0.536. The zero-order valence-corrected chi connectivity index (χ0v) is 18.1. The number of ketones is 2. The lowest BCUT2D eigenvalue weighted by atomic mass is 9.84. The van der Waals surface area contributed by atoms with Crippen LogP contribution in [0.25, 0.3) is 0 Å². The number of rotatable bonds is 13. The first kappa shape index (κ1) is 25.7. The smallest absolute Gasteiger partial charge is 0.246 e. The van der Waals surface area contributed by atoms with Crippen LogP contribution in [-0.2, 0) is 23.9 Å². The molecule has 27 heavy (non-hydrogen) atoms. The molecule has 0 aromatic carbocycles. The van der Waals surface area contributed by atoms with Crippen LogP contribution >= 0.6 is 0 Å². The van der Waals surface area contributed by atoms with Crippen LogP contribution < -0.4 is 10.6 Å². The summed E-state index contributed by atoms with van der Waals surface area (Å²) in [5.74, 6) is -0.465. The second-order valence-corrected chi connectivity index (χ2v) is 8.82. The Balaban J connectivity index is 4.12. The van der Waals surface area contributed by atoms with E-state index in [1.165, 1.54) is 6.92 Å². The fourth-order valence-corrected chi connectivity index (χ4v) is 2.26. The van der Waals surface area contributed by atoms with Crippen molar-refractivity contribution in [3.8, 4) is 0 Å². The molecule has 7 nitrogen and oxygen atoms in total. The van der Waals surface area contributed by atoms with E-state index >= 15 is 0 Å². The van der Waals surface area contributed by atoms with Gasteiger partial charge in [-0.2, -0.15) is 0 Å². The molecule has 0 aliphatic heterocycles. The third kappa shape index (κ3) is 14.4. The van der Waals surface area contributed by atoms with E-state index in [1.807, 2.05) is 0 Å². The summed E-state index contributed by atoms with van der Waals surface area (Å²) in [6.45, 7) is 15.0. The second kappa shape index (κ2) is 12.2. The minimum Gasteiger partial charge on any atom is -0.378 e. The van der Waals surface area contributed by atoms with Gasteiger partial charge in [0.2, 0.25) is 5.91 Å². The van der Waals surface area contributed by atoms with Gasteiger partial charge in [-0.15, -0.1) is 0 Å². The molecule has 0 spiro atoms. The van der Waals surface area contributed by atoms with Crippen molar-refractivity contribution >= 4 is 17.5 Å². The summed E-state index contributed by atoms with van der Waals surface area (Å²) in [5, 5.41) is 6.00. The highest BCUT2D eigenvalue weighted by molar-refractivity contribution is 5.93. The SMILES string of the molecule is CC(=O)CCC(NC(=O)COCCOCCNC(C)(C)C)C(=O)C(C)(C)C. The van der Waals surface area contributed by atoms with Gasteiger partial charge in [-0.25, -0.2) is 0 Å². The molecule has 0 heterocycles. The molecule has 0 aliphatic carbocycles. The van der Waals surface area contributed by atoms with Crippen LogP contribution in [0, 0.1) is 5.41 Å². The molecule has 0 saturated carbocycles. The first-order valence-electron chi connectivity index (χ1n) is 9.56. The molecule has 0 rings (SSSR count). The Morgan fingerprint density at radius 1 is 0.926 bits per heavy atom. The molecule has 1 amide bonds. The number of hydrogen-bond donors (Lipinski definition) is 2. The molecule has 1 unspecified atom stereocenters. The molecule has 0 aliphatic rings. The number of carbonyl (C=O) groups excluding carboxylic acids is 3. The molecule has 0 bridgehead atoms. The monoisotopic (exact) mass is 386 g/mol. The molecule has 0 saturated heterocycles. The average molecular weight is 387 g/mol. The number of hydrogen-bond acceptors (Lipinski definition) is 6. The van der Waals surface area contributed by atoms with Gasteiger partial charge in [0.05, 0.1) is 25.9 Å². The van der Waals surface area contributed by atoms with E-state index in [0.717, 1.165) is 6.54 Å². The first-order chi connectivity index (χ1) is 12.3. The summed E-state index contributed by atoms with van der Waals surface area (Å²) in [4.78, 5) is 35.7. The molecule has 0 fully saturated rings. The molecule has 2 N–H and O–H groups in total. The number of Topliss-reactive ketones (excluding diaryl/α,β-unsaturated/α-hetero) is 2. The number of nitrogens with one attached hydrogen (secondary N) is 2. The van der Waals surface area contributed by atoms with Gasteiger partial charge in [-0.05, 0) is 34.1 Å². The molecule has 0 radical (unpaired) electrons. The Labute approximate surface area is 163 Å². The van der Waals surface area contributed by atoms with Gasteiger partial charge < -0.3 is 24.9 Å². The van der Waals surface area contributed by atoms with Crippen molar-refractivity contribution in [3.05, 3.63) is 0 Å². The van der Waals surface area contributed by atoms with Gasteiger partial charge >= 0.3 is 0 Å². The summed E-state index contributed by atoms with van der Waals surface area (Å²) in [6, 6.07) is -0.676. The third-order valence-electron chi connectivity index (χ3n) is 3.68. The van der Waals surface area contributed by atoms with Gasteiger partial charge in [0, 0.05) is 23.9 Å². The summed E-state index contributed by atoms with van der Waals surface area (Å²) < 4.78 is 10.7. The Hall–Kier alpha value is -1.31. The Bertz CT molecular complexity index is 478. The maximum atomic E-state index is 12.5. The fraction of sp³-hybridized carbons (Fsp3) is 0.850. The highest BCUT2D eigenvalue weighted by Gasteiger charge is 2.30. The number of ether oxygens (including phenoxy) is 2. The van der Waals surface area contributed by atoms with E-state index in [9.17, 15) is 14.4 Å². The van der Waals surface area contributed by atoms with Crippen LogP contribution in [0.1, 0.15) is 61.3 Å². The van der Waals surface area contributed by atoms with Gasteiger partial charge in [-0.1, -0.05) is 20.8 Å². The van der Waals surface area contributed by atoms with Gasteiger partial charge in [0.1, 0.15) is 12.4 Å². The van der Waals surface area contributed by atoms with Gasteiger partial charge in [0.25, 0.3) is 0 Å². The maximum Gasteiger partial charge on any atom is 0.246 e. The second-order valence-electron chi connectivity index (χ2n) is 8.82. The van der Waals surface area contributed by atoms with Crippen LogP contribution in [-0.4, -0.2) is 62.0 Å². The largest absolute Gasteiger partial charge is 0.378 e. The van der Waals surface area contributed by atoms with Crippen molar-refractivity contribution in [3.63, 3.8) is 0 Å². The van der Waals surface area contributed by atoms with E-state index < -0.39 is 11.5 Å². The normalized spacial score (nSPS) is 13.3. The summed E-state index contributed by atoms with van der Waals surface area (Å²) >= 11 is 0. The topological polar surface area (TPSA) is 93.7 Å². The van der Waals surface area contributed by atoms with Crippen molar-refractivity contribution in [2.75, 3.05) is 33.0 Å². The third-order valence-corrected chi connectivity index (χ3v) is 3.68. The van der Waals surface area contributed by atoms with Crippen molar-refractivity contribution in [1.29, 1.82) is 0 Å². The van der Waals surface area contributed by atoms with Crippen molar-refractivity contribution in [1.82, 2.24) is 10.6 Å². The number of carbonyl (C=O) groups is 3. The highest BCUT2D eigenvalue weighted by atomic mass is 16.5. The minimum atomic E-state index is -0.676. The summed E-state index contributed by atoms with van der Waals surface area (Å²) in [7, 11) is 0. The van der Waals surface area contributed by atoms with Crippen molar-refractivity contribution < 1.29 is 23.9 Å². The van der Waals surface area contributed by atoms with Crippen LogP contribution in [0.15, 0.2) is 0 Å². The molecule has 1 atom stereocenters. The van der Waals surface area contributed by atoms with Crippen LogP contribution in [0.2, 0.25) is 0 Å². The Morgan fingerprint density at radius 3 is 2.04 bits per heavy atom. The van der Waals surface area contributed by atoms with E-state index in [2.05, 4.69) is 31.4 Å². The van der Waals surface area contributed by atoms with Crippen LogP contribution in [0.5, 0.6) is 0 Å². The van der Waals surface area contributed by atoms with E-state index in [0.29, 0.717) is 26.2 Å². The van der Waals surface area contributed by atoms with E-state index in [1.54, 1.807) is 20.8 Å². The Kier molecular flexibility index (Phi) is 11.6. The lowest BCUT2D eigenvalue weighted by molar-refractivity contribution is -0.134. The fourth-order valence-electron chi connectivity index (χ4n) is 2.26. The van der Waals surface area contributed by atoms with Gasteiger partial charge in [-0.3, -0.25) is 9.59 Å². The lowest BCUT2D eigenvalue weighted by Crippen LogP contribution is -2.47. The average Bonchev–Trinajstić information content (AvgIpc) is 2.51. The van der Waals surface area contributed by atoms with E-state index in [-0.39, 0.29) is 36.0 Å². The number of amides is 1. The summed E-state index contributed by atoms with van der Waals surface area (Å²) in [6.07, 6.45) is 0.561. The quantitative estimate of drug-likeness (QED) is 0.470. The predicted molar refractivity (Wildman–Crippen MR) is 106 cm³/mol.